The van der Waals surface area contributed by atoms with Gasteiger partial charge in [-0.05, 0) is 44.2 Å². The van der Waals surface area contributed by atoms with Crippen molar-refractivity contribution in [1.29, 1.82) is 0 Å². The molecular weight excluding hydrogens is 310 g/mol. The van der Waals surface area contributed by atoms with E-state index in [0.717, 1.165) is 17.4 Å². The van der Waals surface area contributed by atoms with Crippen LogP contribution in [0, 0.1) is 0 Å². The molecule has 1 aliphatic heterocycles. The van der Waals surface area contributed by atoms with Crippen molar-refractivity contribution in [3.8, 4) is 5.75 Å². The van der Waals surface area contributed by atoms with Crippen LogP contribution >= 0.6 is 15.9 Å². The van der Waals surface area contributed by atoms with Crippen molar-refractivity contribution < 1.29 is 14.3 Å². The molecule has 0 bridgehead atoms. The summed E-state index contributed by atoms with van der Waals surface area (Å²) in [5.74, 6) is 0.394. The maximum absolute atomic E-state index is 12.2. The van der Waals surface area contributed by atoms with Gasteiger partial charge in [-0.15, -0.1) is 0 Å². The monoisotopic (exact) mass is 327 g/mol. The van der Waals surface area contributed by atoms with E-state index in [4.69, 9.17) is 9.47 Å². The summed E-state index contributed by atoms with van der Waals surface area (Å²) < 4.78 is 12.1. The molecule has 1 aromatic carbocycles. The topological polar surface area (TPSA) is 47.6 Å². The Balaban J connectivity index is 2.17. The summed E-state index contributed by atoms with van der Waals surface area (Å²) in [5, 5.41) is 3.21. The molecular formula is C14H18BrNO3. The molecule has 1 atom stereocenters. The van der Waals surface area contributed by atoms with E-state index in [0.29, 0.717) is 25.3 Å². The molecule has 1 saturated heterocycles. The first kappa shape index (κ1) is 14.3. The van der Waals surface area contributed by atoms with Gasteiger partial charge in [0, 0.05) is 17.4 Å². The van der Waals surface area contributed by atoms with Crippen LogP contribution in [0.3, 0.4) is 0 Å². The van der Waals surface area contributed by atoms with Crippen LogP contribution in [-0.4, -0.2) is 31.3 Å². The zero-order valence-electron chi connectivity index (χ0n) is 10.9. The number of nitrogens with one attached hydrogen (secondary N) is 1. The standard InChI is InChI=1S/C14H18BrNO3/c1-2-18-13(17)14(8-3-9-16-10-14)19-12-6-4-11(15)5-7-12/h4-7,16H,2-3,8-10H2,1H3. The first-order chi connectivity index (χ1) is 9.16. The lowest BCUT2D eigenvalue weighted by atomic mass is 9.94. The largest absolute Gasteiger partial charge is 0.474 e. The Kier molecular flexibility index (Phi) is 4.82. The van der Waals surface area contributed by atoms with Crippen LogP contribution in [0.1, 0.15) is 19.8 Å². The number of piperidine rings is 1. The van der Waals surface area contributed by atoms with E-state index in [-0.39, 0.29) is 5.97 Å². The summed E-state index contributed by atoms with van der Waals surface area (Å²) in [7, 11) is 0. The van der Waals surface area contributed by atoms with Gasteiger partial charge in [0.05, 0.1) is 6.61 Å². The van der Waals surface area contributed by atoms with Crippen LogP contribution < -0.4 is 10.1 Å². The third-order valence-corrected chi connectivity index (χ3v) is 3.65. The van der Waals surface area contributed by atoms with Gasteiger partial charge in [0.1, 0.15) is 5.75 Å². The zero-order chi connectivity index (χ0) is 13.7. The second-order valence-corrected chi connectivity index (χ2v) is 5.47. The van der Waals surface area contributed by atoms with Gasteiger partial charge in [-0.3, -0.25) is 0 Å². The van der Waals surface area contributed by atoms with E-state index in [1.54, 1.807) is 0 Å². The molecule has 0 spiro atoms. The maximum Gasteiger partial charge on any atom is 0.351 e. The molecule has 5 heteroatoms. The molecule has 0 aromatic heterocycles. The zero-order valence-corrected chi connectivity index (χ0v) is 12.5. The highest BCUT2D eigenvalue weighted by Gasteiger charge is 2.43. The normalized spacial score (nSPS) is 22.8. The molecule has 0 saturated carbocycles. The first-order valence-corrected chi connectivity index (χ1v) is 7.28. The Hall–Kier alpha value is -1.07. The van der Waals surface area contributed by atoms with Crippen LogP contribution in [-0.2, 0) is 9.53 Å². The number of benzene rings is 1. The molecule has 1 fully saturated rings. The number of carbonyl (C=O) groups excluding carboxylic acids is 1. The highest BCUT2D eigenvalue weighted by molar-refractivity contribution is 9.10. The van der Waals surface area contributed by atoms with E-state index < -0.39 is 5.60 Å². The SMILES string of the molecule is CCOC(=O)C1(Oc2ccc(Br)cc2)CCCNC1. The number of rotatable bonds is 4. The number of esters is 1. The number of halogens is 1. The van der Waals surface area contributed by atoms with E-state index in [2.05, 4.69) is 21.2 Å². The van der Waals surface area contributed by atoms with E-state index in [9.17, 15) is 4.79 Å². The van der Waals surface area contributed by atoms with Crippen molar-refractivity contribution in [3.05, 3.63) is 28.7 Å². The lowest BCUT2D eigenvalue weighted by Gasteiger charge is -2.35. The van der Waals surface area contributed by atoms with E-state index >= 15 is 0 Å². The maximum atomic E-state index is 12.2. The van der Waals surface area contributed by atoms with E-state index in [1.165, 1.54) is 0 Å². The molecule has 104 valence electrons. The molecule has 1 heterocycles. The van der Waals surface area contributed by atoms with Crippen molar-refractivity contribution in [2.75, 3.05) is 19.7 Å². The summed E-state index contributed by atoms with van der Waals surface area (Å²) in [5.41, 5.74) is -0.901. The van der Waals surface area contributed by atoms with Gasteiger partial charge in [-0.2, -0.15) is 0 Å². The van der Waals surface area contributed by atoms with Gasteiger partial charge in [-0.1, -0.05) is 15.9 Å². The summed E-state index contributed by atoms with van der Waals surface area (Å²) in [4.78, 5) is 12.2. The molecule has 19 heavy (non-hydrogen) atoms. The van der Waals surface area contributed by atoms with Gasteiger partial charge >= 0.3 is 5.97 Å². The Morgan fingerprint density at radius 2 is 2.16 bits per heavy atom. The minimum Gasteiger partial charge on any atom is -0.474 e. The van der Waals surface area contributed by atoms with Crippen molar-refractivity contribution in [1.82, 2.24) is 5.32 Å². The minimum atomic E-state index is -0.901. The van der Waals surface area contributed by atoms with Crippen LogP contribution in [0.4, 0.5) is 0 Å². The molecule has 2 rings (SSSR count). The number of carbonyl (C=O) groups is 1. The predicted octanol–water partition coefficient (Wildman–Crippen LogP) is 2.51. The fraction of sp³-hybridized carbons (Fsp3) is 0.500. The summed E-state index contributed by atoms with van der Waals surface area (Å²) in [6, 6.07) is 7.48. The third-order valence-electron chi connectivity index (χ3n) is 3.12. The molecule has 4 nitrogen and oxygen atoms in total. The lowest BCUT2D eigenvalue weighted by molar-refractivity contribution is -0.163. The van der Waals surface area contributed by atoms with Crippen LogP contribution in [0.2, 0.25) is 0 Å². The van der Waals surface area contributed by atoms with Gasteiger partial charge in [0.15, 0.2) is 0 Å². The Labute approximate surface area is 121 Å². The first-order valence-electron chi connectivity index (χ1n) is 6.49. The smallest absolute Gasteiger partial charge is 0.351 e. The lowest BCUT2D eigenvalue weighted by Crippen LogP contribution is -2.56. The average molecular weight is 328 g/mol. The molecule has 1 aliphatic rings. The van der Waals surface area contributed by atoms with Crippen molar-refractivity contribution in [3.63, 3.8) is 0 Å². The van der Waals surface area contributed by atoms with Crippen LogP contribution in [0.15, 0.2) is 28.7 Å². The van der Waals surface area contributed by atoms with Gasteiger partial charge in [0.25, 0.3) is 0 Å². The molecule has 0 amide bonds. The molecule has 1 unspecified atom stereocenters. The van der Waals surface area contributed by atoms with Gasteiger partial charge < -0.3 is 14.8 Å². The summed E-state index contributed by atoms with van der Waals surface area (Å²) in [6.45, 7) is 3.57. The predicted molar refractivity (Wildman–Crippen MR) is 76.2 cm³/mol. The number of ether oxygens (including phenoxy) is 2. The number of hydrogen-bond acceptors (Lipinski definition) is 4. The van der Waals surface area contributed by atoms with E-state index in [1.807, 2.05) is 31.2 Å². The van der Waals surface area contributed by atoms with Crippen molar-refractivity contribution in [2.24, 2.45) is 0 Å². The molecule has 1 N–H and O–H groups in total. The average Bonchev–Trinajstić information content (AvgIpc) is 2.43. The van der Waals surface area contributed by atoms with Gasteiger partial charge in [0.2, 0.25) is 5.60 Å². The summed E-state index contributed by atoms with van der Waals surface area (Å²) >= 11 is 3.38. The van der Waals surface area contributed by atoms with Crippen molar-refractivity contribution >= 4 is 21.9 Å². The molecule has 1 aromatic rings. The van der Waals surface area contributed by atoms with Crippen LogP contribution in [0.5, 0.6) is 5.75 Å². The molecule has 0 radical (unpaired) electrons. The minimum absolute atomic E-state index is 0.287. The Bertz CT molecular complexity index is 427. The Morgan fingerprint density at radius 1 is 1.42 bits per heavy atom. The Morgan fingerprint density at radius 3 is 2.74 bits per heavy atom. The third kappa shape index (κ3) is 3.48. The van der Waals surface area contributed by atoms with Gasteiger partial charge in [-0.25, -0.2) is 4.79 Å². The number of hydrogen-bond donors (Lipinski definition) is 1. The second-order valence-electron chi connectivity index (χ2n) is 4.55. The fourth-order valence-corrected chi connectivity index (χ4v) is 2.44. The van der Waals surface area contributed by atoms with Crippen LogP contribution in [0.25, 0.3) is 0 Å². The quantitative estimate of drug-likeness (QED) is 0.863. The highest BCUT2D eigenvalue weighted by atomic mass is 79.9. The van der Waals surface area contributed by atoms with Crippen molar-refractivity contribution in [2.45, 2.75) is 25.4 Å². The second kappa shape index (κ2) is 6.39. The highest BCUT2D eigenvalue weighted by Crippen LogP contribution is 2.27. The summed E-state index contributed by atoms with van der Waals surface area (Å²) in [6.07, 6.45) is 1.57. The molecule has 0 aliphatic carbocycles. The fourth-order valence-electron chi connectivity index (χ4n) is 2.17.